The summed E-state index contributed by atoms with van der Waals surface area (Å²) in [5.41, 5.74) is 1.28. The van der Waals surface area contributed by atoms with E-state index in [2.05, 4.69) is 5.32 Å². The Morgan fingerprint density at radius 1 is 1.19 bits per heavy atom. The van der Waals surface area contributed by atoms with Crippen molar-refractivity contribution in [2.45, 2.75) is 32.1 Å². The van der Waals surface area contributed by atoms with E-state index in [1.54, 1.807) is 19.9 Å². The second-order valence-electron chi connectivity index (χ2n) is 5.54. The maximum atomic E-state index is 12.7. The molecule has 0 aliphatic heterocycles. The lowest BCUT2D eigenvalue weighted by atomic mass is 10.2. The average Bonchev–Trinajstić information content (AvgIpc) is 3.10. The van der Waals surface area contributed by atoms with Gasteiger partial charge in [0.05, 0.1) is 23.6 Å². The third-order valence-corrected chi connectivity index (χ3v) is 6.59. The molecule has 0 saturated carbocycles. The Balaban J connectivity index is 2.31. The van der Waals surface area contributed by atoms with E-state index in [9.17, 15) is 13.2 Å². The van der Waals surface area contributed by atoms with Gasteiger partial charge in [-0.1, -0.05) is 13.8 Å². The Morgan fingerprint density at radius 2 is 1.92 bits per heavy atom. The van der Waals surface area contributed by atoms with Crippen LogP contribution in [0.1, 0.15) is 26.3 Å². The first-order valence-electron chi connectivity index (χ1n) is 8.50. The third kappa shape index (κ3) is 4.84. The zero-order valence-electron chi connectivity index (χ0n) is 15.2. The minimum atomic E-state index is -3.61. The predicted octanol–water partition coefficient (Wildman–Crippen LogP) is 3.36. The molecule has 26 heavy (non-hydrogen) atoms. The smallest absolute Gasteiger partial charge is 0.243 e. The summed E-state index contributed by atoms with van der Waals surface area (Å²) in [6.07, 6.45) is 0.224. The number of nitrogens with one attached hydrogen (secondary N) is 1. The summed E-state index contributed by atoms with van der Waals surface area (Å²) >= 11 is 1.52. The summed E-state index contributed by atoms with van der Waals surface area (Å²) in [6, 6.07) is 6.44. The van der Waals surface area contributed by atoms with Gasteiger partial charge in [-0.15, -0.1) is 0 Å². The molecule has 0 aliphatic carbocycles. The Hall–Kier alpha value is -1.90. The summed E-state index contributed by atoms with van der Waals surface area (Å²) in [6.45, 7) is 6.59. The Bertz CT molecular complexity index is 829. The molecular weight excluding hydrogens is 372 g/mol. The first-order chi connectivity index (χ1) is 12.4. The molecule has 0 saturated heterocycles. The topological polar surface area (TPSA) is 75.7 Å². The molecule has 2 rings (SSSR count). The molecule has 0 radical (unpaired) electrons. The molecule has 142 valence electrons. The molecule has 1 N–H and O–H groups in total. The number of carbonyl (C=O) groups is 1. The number of anilines is 1. The average molecular weight is 397 g/mol. The minimum Gasteiger partial charge on any atom is -0.492 e. The molecule has 0 bridgehead atoms. The molecule has 0 atom stereocenters. The van der Waals surface area contributed by atoms with E-state index in [-0.39, 0.29) is 17.2 Å². The number of amides is 1. The van der Waals surface area contributed by atoms with Crippen LogP contribution in [0.5, 0.6) is 5.75 Å². The lowest BCUT2D eigenvalue weighted by Gasteiger charge is -2.20. The number of nitrogens with zero attached hydrogens (tertiary/aromatic N) is 1. The van der Waals surface area contributed by atoms with Crippen LogP contribution >= 0.6 is 11.3 Å². The van der Waals surface area contributed by atoms with Gasteiger partial charge < -0.3 is 10.1 Å². The van der Waals surface area contributed by atoms with Gasteiger partial charge in [-0.05, 0) is 47.5 Å². The van der Waals surface area contributed by atoms with E-state index in [0.717, 1.165) is 5.56 Å². The van der Waals surface area contributed by atoms with Crippen molar-refractivity contribution in [1.29, 1.82) is 0 Å². The second kappa shape index (κ2) is 9.16. The van der Waals surface area contributed by atoms with Crippen molar-refractivity contribution in [2.75, 3.05) is 25.0 Å². The van der Waals surface area contributed by atoms with Crippen LogP contribution in [0.15, 0.2) is 39.9 Å². The lowest BCUT2D eigenvalue weighted by molar-refractivity contribution is -0.115. The number of hydrogen-bond donors (Lipinski definition) is 1. The molecule has 1 heterocycles. The van der Waals surface area contributed by atoms with E-state index < -0.39 is 10.0 Å². The van der Waals surface area contributed by atoms with Gasteiger partial charge in [-0.25, -0.2) is 8.42 Å². The van der Waals surface area contributed by atoms with Crippen LogP contribution in [0.4, 0.5) is 5.69 Å². The van der Waals surface area contributed by atoms with Crippen molar-refractivity contribution >= 4 is 33.0 Å². The molecule has 2 aromatic rings. The van der Waals surface area contributed by atoms with Crippen molar-refractivity contribution in [1.82, 2.24) is 4.31 Å². The van der Waals surface area contributed by atoms with E-state index >= 15 is 0 Å². The summed E-state index contributed by atoms with van der Waals surface area (Å²) in [4.78, 5) is 12.5. The number of rotatable bonds is 9. The van der Waals surface area contributed by atoms with Crippen LogP contribution in [0.3, 0.4) is 0 Å². The Morgan fingerprint density at radius 3 is 2.50 bits per heavy atom. The van der Waals surface area contributed by atoms with Crippen molar-refractivity contribution in [3.8, 4) is 5.75 Å². The van der Waals surface area contributed by atoms with E-state index in [1.807, 2.05) is 23.8 Å². The highest BCUT2D eigenvalue weighted by Crippen LogP contribution is 2.29. The van der Waals surface area contributed by atoms with E-state index in [0.29, 0.717) is 31.1 Å². The van der Waals surface area contributed by atoms with Gasteiger partial charge in [0.1, 0.15) is 5.75 Å². The predicted molar refractivity (Wildman–Crippen MR) is 104 cm³/mol. The van der Waals surface area contributed by atoms with Crippen molar-refractivity contribution in [3.63, 3.8) is 0 Å². The molecule has 1 amide bonds. The molecule has 1 aromatic carbocycles. The SMILES string of the molecule is CCOc1ccc(S(=O)(=O)N(CC)CC)cc1NC(=O)Cc1ccsc1. The first-order valence-corrected chi connectivity index (χ1v) is 10.9. The Labute approximate surface area is 158 Å². The standard InChI is InChI=1S/C18H24N2O4S2/c1-4-20(5-2)26(22,23)15-7-8-17(24-6-3)16(12-15)19-18(21)11-14-9-10-25-13-14/h7-10,12-13H,4-6,11H2,1-3H3,(H,19,21). The first kappa shape index (κ1) is 20.4. The van der Waals surface area contributed by atoms with Gasteiger partial charge in [0.2, 0.25) is 15.9 Å². The quantitative estimate of drug-likeness (QED) is 0.705. The van der Waals surface area contributed by atoms with Crippen LogP contribution in [-0.4, -0.2) is 38.3 Å². The highest BCUT2D eigenvalue weighted by atomic mass is 32.2. The number of ether oxygens (including phenoxy) is 1. The number of thiophene rings is 1. The molecule has 6 nitrogen and oxygen atoms in total. The zero-order valence-corrected chi connectivity index (χ0v) is 16.8. The summed E-state index contributed by atoms with van der Waals surface area (Å²) < 4.78 is 32.4. The van der Waals surface area contributed by atoms with Crippen LogP contribution in [0.2, 0.25) is 0 Å². The number of hydrogen-bond acceptors (Lipinski definition) is 5. The molecule has 0 aliphatic rings. The van der Waals surface area contributed by atoms with E-state index in [1.165, 1.54) is 27.8 Å². The van der Waals surface area contributed by atoms with Crippen molar-refractivity contribution < 1.29 is 17.9 Å². The van der Waals surface area contributed by atoms with Crippen LogP contribution in [0, 0.1) is 0 Å². The van der Waals surface area contributed by atoms with Gasteiger partial charge in [0, 0.05) is 13.1 Å². The zero-order chi connectivity index (χ0) is 19.2. The van der Waals surface area contributed by atoms with Crippen LogP contribution in [-0.2, 0) is 21.2 Å². The minimum absolute atomic E-state index is 0.135. The van der Waals surface area contributed by atoms with E-state index in [4.69, 9.17) is 4.74 Å². The van der Waals surface area contributed by atoms with Gasteiger partial charge in [-0.3, -0.25) is 4.79 Å². The fraction of sp³-hybridized carbons (Fsp3) is 0.389. The molecule has 0 unspecified atom stereocenters. The molecule has 1 aromatic heterocycles. The van der Waals surface area contributed by atoms with Crippen LogP contribution < -0.4 is 10.1 Å². The van der Waals surface area contributed by atoms with Gasteiger partial charge in [0.15, 0.2) is 0 Å². The highest BCUT2D eigenvalue weighted by Gasteiger charge is 2.23. The maximum Gasteiger partial charge on any atom is 0.243 e. The van der Waals surface area contributed by atoms with Gasteiger partial charge in [0.25, 0.3) is 0 Å². The molecule has 8 heteroatoms. The normalized spacial score (nSPS) is 11.5. The number of sulfonamides is 1. The molecule has 0 fully saturated rings. The summed E-state index contributed by atoms with van der Waals surface area (Å²) in [5, 5.41) is 6.59. The monoisotopic (exact) mass is 396 g/mol. The number of benzene rings is 1. The molecular formula is C18H24N2O4S2. The largest absolute Gasteiger partial charge is 0.492 e. The van der Waals surface area contributed by atoms with Gasteiger partial charge in [-0.2, -0.15) is 15.6 Å². The molecule has 0 spiro atoms. The third-order valence-electron chi connectivity index (χ3n) is 3.81. The fourth-order valence-electron chi connectivity index (χ4n) is 2.53. The Kier molecular flexibility index (Phi) is 7.19. The maximum absolute atomic E-state index is 12.7. The van der Waals surface area contributed by atoms with Crippen molar-refractivity contribution in [3.05, 3.63) is 40.6 Å². The highest BCUT2D eigenvalue weighted by molar-refractivity contribution is 7.89. The van der Waals surface area contributed by atoms with Crippen LogP contribution in [0.25, 0.3) is 0 Å². The van der Waals surface area contributed by atoms with Crippen molar-refractivity contribution in [2.24, 2.45) is 0 Å². The second-order valence-corrected chi connectivity index (χ2v) is 8.25. The fourth-order valence-corrected chi connectivity index (χ4v) is 4.69. The number of carbonyl (C=O) groups excluding carboxylic acids is 1. The van der Waals surface area contributed by atoms with Gasteiger partial charge >= 0.3 is 0 Å². The summed E-state index contributed by atoms with van der Waals surface area (Å²) in [7, 11) is -3.61. The lowest BCUT2D eigenvalue weighted by Crippen LogP contribution is -2.30. The summed E-state index contributed by atoms with van der Waals surface area (Å²) in [5.74, 6) is 0.228.